The molecule has 1 atom stereocenters. The highest BCUT2D eigenvalue weighted by Crippen LogP contribution is 2.48. The van der Waals surface area contributed by atoms with Crippen LogP contribution in [0, 0.1) is 0 Å². The fourth-order valence-corrected chi connectivity index (χ4v) is 5.25. The first-order chi connectivity index (χ1) is 17.3. The van der Waals surface area contributed by atoms with Crippen molar-refractivity contribution in [1.82, 2.24) is 9.97 Å². The Labute approximate surface area is 202 Å². The summed E-state index contributed by atoms with van der Waals surface area (Å²) in [5.41, 5.74) is 11.0. The zero-order valence-electron chi connectivity index (χ0n) is 19.2. The van der Waals surface area contributed by atoms with Crippen molar-refractivity contribution in [3.63, 3.8) is 0 Å². The SMILES string of the molecule is CN1c2c(c3cccnc3c3ncccc23)NC1c1ccc(C2=C=CC=c3ccccc3=C2)cc1. The van der Waals surface area contributed by atoms with Gasteiger partial charge in [-0.05, 0) is 64.1 Å². The quantitative estimate of drug-likeness (QED) is 0.298. The largest absolute Gasteiger partial charge is 0.359 e. The maximum Gasteiger partial charge on any atom is 0.125 e. The van der Waals surface area contributed by atoms with E-state index in [1.807, 2.05) is 30.6 Å². The number of aromatic nitrogens is 2. The number of fused-ring (bicyclic) bond motifs is 7. The molecule has 1 aliphatic carbocycles. The zero-order valence-corrected chi connectivity index (χ0v) is 19.2. The molecule has 35 heavy (non-hydrogen) atoms. The van der Waals surface area contributed by atoms with E-state index in [1.54, 1.807) is 0 Å². The van der Waals surface area contributed by atoms with Gasteiger partial charge in [-0.25, -0.2) is 0 Å². The van der Waals surface area contributed by atoms with Gasteiger partial charge in [0.05, 0.1) is 22.4 Å². The Balaban J connectivity index is 1.29. The molecule has 1 N–H and O–H groups in total. The van der Waals surface area contributed by atoms with Gasteiger partial charge in [0, 0.05) is 35.8 Å². The molecule has 1 unspecified atom stereocenters. The summed E-state index contributed by atoms with van der Waals surface area (Å²) in [4.78, 5) is 11.6. The molecular weight excluding hydrogens is 428 g/mol. The Kier molecular flexibility index (Phi) is 4.35. The van der Waals surface area contributed by atoms with Crippen LogP contribution in [0.3, 0.4) is 0 Å². The Morgan fingerprint density at radius 2 is 1.51 bits per heavy atom. The number of hydrogen-bond donors (Lipinski definition) is 1. The monoisotopic (exact) mass is 450 g/mol. The van der Waals surface area contributed by atoms with E-state index in [-0.39, 0.29) is 6.17 Å². The van der Waals surface area contributed by atoms with E-state index >= 15 is 0 Å². The molecule has 2 aromatic heterocycles. The minimum atomic E-state index is 0.0185. The highest BCUT2D eigenvalue weighted by atomic mass is 15.3. The second-order valence-electron chi connectivity index (χ2n) is 8.97. The maximum atomic E-state index is 4.67. The van der Waals surface area contributed by atoms with Crippen LogP contribution >= 0.6 is 0 Å². The van der Waals surface area contributed by atoms with Crippen molar-refractivity contribution in [3.8, 4) is 0 Å². The average Bonchev–Trinajstić information content (AvgIpc) is 3.11. The van der Waals surface area contributed by atoms with Crippen LogP contribution < -0.4 is 20.7 Å². The number of nitrogens with one attached hydrogen (secondary N) is 1. The number of allylic oxidation sites excluding steroid dienone is 1. The van der Waals surface area contributed by atoms with Gasteiger partial charge < -0.3 is 10.2 Å². The van der Waals surface area contributed by atoms with Crippen LogP contribution in [0.1, 0.15) is 17.3 Å². The van der Waals surface area contributed by atoms with Gasteiger partial charge >= 0.3 is 0 Å². The van der Waals surface area contributed by atoms with Gasteiger partial charge in [0.15, 0.2) is 0 Å². The molecule has 0 amide bonds. The predicted molar refractivity (Wildman–Crippen MR) is 144 cm³/mol. The number of nitrogens with zero attached hydrogens (tertiary/aromatic N) is 3. The number of anilines is 2. The molecule has 0 saturated heterocycles. The summed E-state index contributed by atoms with van der Waals surface area (Å²) in [7, 11) is 2.14. The lowest BCUT2D eigenvalue weighted by atomic mass is 10.0. The van der Waals surface area contributed by atoms with E-state index in [1.165, 1.54) is 16.0 Å². The second kappa shape index (κ2) is 7.69. The van der Waals surface area contributed by atoms with Crippen molar-refractivity contribution >= 4 is 50.9 Å². The van der Waals surface area contributed by atoms with Crippen molar-refractivity contribution in [2.24, 2.45) is 0 Å². The summed E-state index contributed by atoms with van der Waals surface area (Å²) in [6, 6.07) is 25.5. The summed E-state index contributed by atoms with van der Waals surface area (Å²) in [5.74, 6) is 0. The van der Waals surface area contributed by atoms with Crippen LogP contribution in [-0.4, -0.2) is 17.0 Å². The molecular formula is C31H22N4. The van der Waals surface area contributed by atoms with Crippen LogP contribution in [0.5, 0.6) is 0 Å². The third-order valence-corrected chi connectivity index (χ3v) is 6.96. The van der Waals surface area contributed by atoms with Crippen LogP contribution in [0.4, 0.5) is 11.4 Å². The van der Waals surface area contributed by atoms with E-state index in [0.717, 1.165) is 44.3 Å². The van der Waals surface area contributed by atoms with Gasteiger partial charge in [0.25, 0.3) is 0 Å². The van der Waals surface area contributed by atoms with Gasteiger partial charge in [-0.1, -0.05) is 48.5 Å². The molecule has 0 spiro atoms. The maximum absolute atomic E-state index is 4.67. The second-order valence-corrected chi connectivity index (χ2v) is 8.97. The van der Waals surface area contributed by atoms with E-state index in [0.29, 0.717) is 0 Å². The molecule has 0 radical (unpaired) electrons. The number of pyridine rings is 2. The third kappa shape index (κ3) is 3.08. The molecule has 3 heterocycles. The molecule has 4 nitrogen and oxygen atoms in total. The standard InChI is InChI=1S/C31H22N4/c1-35-30-26-12-6-18-33-28(26)27-25(11-5-17-32-27)29(30)34-31(35)22-15-13-21(14-16-22)24-10-4-9-20-7-2-3-8-23(20)19-24/h2-9,11-19,31,34H,1H3. The molecule has 4 heteroatoms. The average molecular weight is 451 g/mol. The topological polar surface area (TPSA) is 41.1 Å². The summed E-state index contributed by atoms with van der Waals surface area (Å²) in [6.45, 7) is 0. The Morgan fingerprint density at radius 3 is 2.31 bits per heavy atom. The minimum Gasteiger partial charge on any atom is -0.359 e. The van der Waals surface area contributed by atoms with E-state index in [4.69, 9.17) is 0 Å². The summed E-state index contributed by atoms with van der Waals surface area (Å²) in [5, 5.41) is 8.40. The molecule has 3 aromatic carbocycles. The molecule has 0 bridgehead atoms. The van der Waals surface area contributed by atoms with Crippen LogP contribution in [0.15, 0.2) is 97.0 Å². The first-order valence-corrected chi connectivity index (χ1v) is 11.8. The Bertz CT molecular complexity index is 1830. The van der Waals surface area contributed by atoms with Crippen molar-refractivity contribution in [2.45, 2.75) is 6.17 Å². The van der Waals surface area contributed by atoms with Gasteiger partial charge in [0.2, 0.25) is 0 Å². The van der Waals surface area contributed by atoms with Crippen molar-refractivity contribution in [2.75, 3.05) is 17.3 Å². The smallest absolute Gasteiger partial charge is 0.125 e. The Morgan fingerprint density at radius 1 is 0.800 bits per heavy atom. The van der Waals surface area contributed by atoms with Crippen molar-refractivity contribution < 1.29 is 0 Å². The lowest BCUT2D eigenvalue weighted by Crippen LogP contribution is -2.23. The van der Waals surface area contributed by atoms with Crippen molar-refractivity contribution in [1.29, 1.82) is 0 Å². The fourth-order valence-electron chi connectivity index (χ4n) is 5.25. The van der Waals surface area contributed by atoms with Crippen LogP contribution in [-0.2, 0) is 0 Å². The highest BCUT2D eigenvalue weighted by Gasteiger charge is 2.31. The van der Waals surface area contributed by atoms with Gasteiger partial charge in [-0.3, -0.25) is 9.97 Å². The minimum absolute atomic E-state index is 0.0185. The van der Waals surface area contributed by atoms with Crippen LogP contribution in [0.25, 0.3) is 39.5 Å². The van der Waals surface area contributed by atoms with Gasteiger partial charge in [0.1, 0.15) is 6.17 Å². The summed E-state index contributed by atoms with van der Waals surface area (Å²) >= 11 is 0. The van der Waals surface area contributed by atoms with Crippen molar-refractivity contribution in [3.05, 3.63) is 119 Å². The molecule has 2 aliphatic rings. The molecule has 0 saturated carbocycles. The van der Waals surface area contributed by atoms with Gasteiger partial charge in [-0.15, -0.1) is 5.73 Å². The lowest BCUT2D eigenvalue weighted by molar-refractivity contribution is 0.794. The number of hydrogen-bond acceptors (Lipinski definition) is 4. The van der Waals surface area contributed by atoms with Crippen LogP contribution in [0.2, 0.25) is 0 Å². The number of benzene rings is 3. The molecule has 7 rings (SSSR count). The first kappa shape index (κ1) is 19.8. The predicted octanol–water partition coefficient (Wildman–Crippen LogP) is 5.16. The molecule has 1 aliphatic heterocycles. The van der Waals surface area contributed by atoms with E-state index in [2.05, 4.69) is 106 Å². The van der Waals surface area contributed by atoms with Gasteiger partial charge in [-0.2, -0.15) is 0 Å². The van der Waals surface area contributed by atoms with E-state index < -0.39 is 0 Å². The summed E-state index contributed by atoms with van der Waals surface area (Å²) < 4.78 is 0. The summed E-state index contributed by atoms with van der Waals surface area (Å²) in [6.07, 6.45) is 10.0. The molecule has 5 aromatic rings. The normalized spacial score (nSPS) is 16.1. The van der Waals surface area contributed by atoms with E-state index in [9.17, 15) is 0 Å². The first-order valence-electron chi connectivity index (χ1n) is 11.8. The lowest BCUT2D eigenvalue weighted by Gasteiger charge is -2.23. The Hall–Kier alpha value is -4.66. The molecule has 166 valence electrons. The molecule has 0 fully saturated rings. The number of rotatable bonds is 2. The highest BCUT2D eigenvalue weighted by molar-refractivity contribution is 6.18. The zero-order chi connectivity index (χ0) is 23.4. The fraction of sp³-hybridized carbons (Fsp3) is 0.0645. The third-order valence-electron chi connectivity index (χ3n) is 6.96.